The molecular formula is C23H29N3O2. The number of hydrogen-bond donors (Lipinski definition) is 1. The van der Waals surface area contributed by atoms with Crippen LogP contribution in [0.1, 0.15) is 46.1 Å². The monoisotopic (exact) mass is 379 g/mol. The maximum atomic E-state index is 11.3. The minimum Gasteiger partial charge on any atom is -0.478 e. The molecule has 0 radical (unpaired) electrons. The molecule has 0 spiro atoms. The summed E-state index contributed by atoms with van der Waals surface area (Å²) in [6.45, 7) is 11.1. The maximum absolute atomic E-state index is 11.3. The van der Waals surface area contributed by atoms with E-state index < -0.39 is 5.97 Å². The van der Waals surface area contributed by atoms with Gasteiger partial charge in [-0.25, -0.2) is 4.79 Å². The summed E-state index contributed by atoms with van der Waals surface area (Å²) in [7, 11) is 1.96. The summed E-state index contributed by atoms with van der Waals surface area (Å²) in [5.74, 6) is -0.385. The van der Waals surface area contributed by atoms with Crippen LogP contribution in [0.2, 0.25) is 0 Å². The van der Waals surface area contributed by atoms with Crippen molar-refractivity contribution in [2.24, 2.45) is 0 Å². The van der Waals surface area contributed by atoms with Gasteiger partial charge in [-0.2, -0.15) is 0 Å². The molecule has 5 heteroatoms. The molecule has 148 valence electrons. The predicted octanol–water partition coefficient (Wildman–Crippen LogP) is 4.23. The molecule has 0 unspecified atom stereocenters. The Kier molecular flexibility index (Phi) is 6.15. The first-order valence-electron chi connectivity index (χ1n) is 9.76. The van der Waals surface area contributed by atoms with Crippen molar-refractivity contribution in [3.8, 4) is 0 Å². The number of anilines is 1. The Balaban J connectivity index is 1.60. The average Bonchev–Trinajstić information content (AvgIpc) is 2.68. The number of piperidine rings is 1. The Morgan fingerprint density at radius 3 is 2.61 bits per heavy atom. The van der Waals surface area contributed by atoms with Gasteiger partial charge in [0.1, 0.15) is 0 Å². The summed E-state index contributed by atoms with van der Waals surface area (Å²) in [5.41, 5.74) is 5.48. The summed E-state index contributed by atoms with van der Waals surface area (Å²) < 4.78 is 0. The number of carboxylic acid groups (broad SMARTS) is 1. The van der Waals surface area contributed by atoms with Gasteiger partial charge in [-0.05, 0) is 69.6 Å². The lowest BCUT2D eigenvalue weighted by Gasteiger charge is -2.34. The van der Waals surface area contributed by atoms with E-state index in [1.54, 1.807) is 12.1 Å². The topological polar surface area (TPSA) is 56.7 Å². The molecule has 1 aromatic heterocycles. The van der Waals surface area contributed by atoms with E-state index in [1.165, 1.54) is 5.69 Å². The Bertz CT molecular complexity index is 870. The number of carboxylic acids is 1. The van der Waals surface area contributed by atoms with E-state index in [4.69, 9.17) is 4.98 Å². The fourth-order valence-electron chi connectivity index (χ4n) is 3.82. The number of hydrogen-bond acceptors (Lipinski definition) is 4. The number of rotatable bonds is 6. The third kappa shape index (κ3) is 4.60. The van der Waals surface area contributed by atoms with Gasteiger partial charge in [-0.15, -0.1) is 0 Å². The van der Waals surface area contributed by atoms with Crippen LogP contribution >= 0.6 is 0 Å². The molecule has 1 saturated heterocycles. The van der Waals surface area contributed by atoms with Crippen LogP contribution in [-0.2, 0) is 0 Å². The van der Waals surface area contributed by atoms with E-state index in [2.05, 4.69) is 23.6 Å². The second kappa shape index (κ2) is 8.57. The van der Waals surface area contributed by atoms with Crippen LogP contribution < -0.4 is 4.90 Å². The molecule has 0 aliphatic carbocycles. The van der Waals surface area contributed by atoms with E-state index in [0.29, 0.717) is 11.5 Å². The molecule has 28 heavy (non-hydrogen) atoms. The maximum Gasteiger partial charge on any atom is 0.335 e. The molecule has 5 nitrogen and oxygen atoms in total. The molecule has 3 rings (SSSR count). The van der Waals surface area contributed by atoms with Gasteiger partial charge in [0.15, 0.2) is 0 Å². The highest BCUT2D eigenvalue weighted by Crippen LogP contribution is 2.28. The number of aromatic nitrogens is 1. The first-order valence-corrected chi connectivity index (χ1v) is 9.76. The van der Waals surface area contributed by atoms with Gasteiger partial charge < -0.3 is 10.0 Å². The van der Waals surface area contributed by atoms with Crippen molar-refractivity contribution in [3.63, 3.8) is 0 Å². The molecule has 0 saturated carbocycles. The zero-order valence-corrected chi connectivity index (χ0v) is 17.0. The molecule has 2 heterocycles. The lowest BCUT2D eigenvalue weighted by molar-refractivity contribution is 0.0697. The van der Waals surface area contributed by atoms with Crippen LogP contribution in [0, 0.1) is 13.8 Å². The fourth-order valence-corrected chi connectivity index (χ4v) is 3.82. The zero-order valence-electron chi connectivity index (χ0n) is 17.0. The third-order valence-corrected chi connectivity index (χ3v) is 5.61. The van der Waals surface area contributed by atoms with Gasteiger partial charge in [-0.3, -0.25) is 9.88 Å². The van der Waals surface area contributed by atoms with E-state index in [-0.39, 0.29) is 0 Å². The normalized spacial score (nSPS) is 15.4. The van der Waals surface area contributed by atoms with Crippen molar-refractivity contribution in [1.82, 2.24) is 9.88 Å². The number of aryl methyl sites for hydroxylation is 2. The third-order valence-electron chi connectivity index (χ3n) is 5.61. The Labute approximate surface area is 167 Å². The highest BCUT2D eigenvalue weighted by Gasteiger charge is 2.23. The molecular weight excluding hydrogens is 350 g/mol. The summed E-state index contributed by atoms with van der Waals surface area (Å²) in [4.78, 5) is 20.4. The number of likely N-dealkylation sites (tertiary alicyclic amines) is 1. The molecule has 0 amide bonds. The SMILES string of the molecule is C=C(CN1CCC(c2cccc(C)n2)CC1)N(C)c1cc(C(=O)O)ccc1C. The van der Waals surface area contributed by atoms with Crippen LogP contribution in [0.4, 0.5) is 5.69 Å². The molecule has 1 N–H and O–H groups in total. The zero-order chi connectivity index (χ0) is 20.3. The van der Waals surface area contributed by atoms with Crippen molar-refractivity contribution >= 4 is 11.7 Å². The lowest BCUT2D eigenvalue weighted by atomic mass is 9.93. The minimum absolute atomic E-state index is 0.298. The highest BCUT2D eigenvalue weighted by atomic mass is 16.4. The summed E-state index contributed by atoms with van der Waals surface area (Å²) >= 11 is 0. The minimum atomic E-state index is -0.910. The number of pyridine rings is 1. The largest absolute Gasteiger partial charge is 0.478 e. The van der Waals surface area contributed by atoms with E-state index >= 15 is 0 Å². The van der Waals surface area contributed by atoms with Gasteiger partial charge >= 0.3 is 5.97 Å². The van der Waals surface area contributed by atoms with Crippen LogP contribution in [0.5, 0.6) is 0 Å². The van der Waals surface area contributed by atoms with Gasteiger partial charge in [0.05, 0.1) is 5.56 Å². The first-order chi connectivity index (χ1) is 13.3. The van der Waals surface area contributed by atoms with Gasteiger partial charge in [0, 0.05) is 42.3 Å². The smallest absolute Gasteiger partial charge is 0.335 e. The van der Waals surface area contributed by atoms with E-state index in [0.717, 1.165) is 55.1 Å². The van der Waals surface area contributed by atoms with Gasteiger partial charge in [0.25, 0.3) is 0 Å². The molecule has 0 bridgehead atoms. The summed E-state index contributed by atoms with van der Waals surface area (Å²) in [5, 5.41) is 9.26. The van der Waals surface area contributed by atoms with Crippen molar-refractivity contribution in [2.45, 2.75) is 32.6 Å². The lowest BCUT2D eigenvalue weighted by Crippen LogP contribution is -2.37. The second-order valence-electron chi connectivity index (χ2n) is 7.69. The quantitative estimate of drug-likeness (QED) is 0.814. The molecule has 2 aromatic rings. The number of nitrogens with zero attached hydrogens (tertiary/aromatic N) is 3. The van der Waals surface area contributed by atoms with Crippen LogP contribution in [-0.4, -0.2) is 47.6 Å². The first kappa shape index (κ1) is 20.1. The summed E-state index contributed by atoms with van der Waals surface area (Å²) in [6, 6.07) is 11.5. The predicted molar refractivity (Wildman–Crippen MR) is 113 cm³/mol. The molecule has 0 atom stereocenters. The van der Waals surface area contributed by atoms with E-state index in [1.807, 2.05) is 37.9 Å². The van der Waals surface area contributed by atoms with Crippen LogP contribution in [0.25, 0.3) is 0 Å². The second-order valence-corrected chi connectivity index (χ2v) is 7.69. The van der Waals surface area contributed by atoms with Crippen molar-refractivity contribution in [1.29, 1.82) is 0 Å². The Hall–Kier alpha value is -2.66. The number of likely N-dealkylation sites (N-methyl/N-ethyl adjacent to an activating group) is 1. The Morgan fingerprint density at radius 1 is 1.25 bits per heavy atom. The summed E-state index contributed by atoms with van der Waals surface area (Å²) in [6.07, 6.45) is 2.20. The molecule has 1 aliphatic heterocycles. The number of carbonyl (C=O) groups is 1. The van der Waals surface area contributed by atoms with Crippen LogP contribution in [0.3, 0.4) is 0 Å². The fraction of sp³-hybridized carbons (Fsp3) is 0.391. The number of benzene rings is 1. The van der Waals surface area contributed by atoms with Crippen LogP contribution in [0.15, 0.2) is 48.7 Å². The highest BCUT2D eigenvalue weighted by molar-refractivity contribution is 5.89. The molecule has 1 aromatic carbocycles. The van der Waals surface area contributed by atoms with Crippen molar-refractivity contribution < 1.29 is 9.90 Å². The molecule has 1 aliphatic rings. The van der Waals surface area contributed by atoms with E-state index in [9.17, 15) is 9.90 Å². The van der Waals surface area contributed by atoms with Gasteiger partial charge in [0.2, 0.25) is 0 Å². The molecule has 1 fully saturated rings. The van der Waals surface area contributed by atoms with Crippen molar-refractivity contribution in [2.75, 3.05) is 31.6 Å². The number of aromatic carboxylic acids is 1. The average molecular weight is 380 g/mol. The van der Waals surface area contributed by atoms with Gasteiger partial charge in [-0.1, -0.05) is 18.7 Å². The van der Waals surface area contributed by atoms with Crippen molar-refractivity contribution in [3.05, 3.63) is 71.2 Å². The standard InChI is InChI=1S/C23H29N3O2/c1-16-8-9-20(23(27)28)14-22(16)25(4)18(3)15-26-12-10-19(11-13-26)21-7-5-6-17(2)24-21/h5-9,14,19H,3,10-13,15H2,1-2,4H3,(H,27,28). The Morgan fingerprint density at radius 2 is 1.96 bits per heavy atom.